The molecule has 6 nitrogen and oxygen atoms in total. The second kappa shape index (κ2) is 8.89. The first kappa shape index (κ1) is 19.9. The maximum atomic E-state index is 12.8. The minimum Gasteiger partial charge on any atom is -0.478 e. The number of carbonyl (C=O) groups excluding carboxylic acids is 1. The van der Waals surface area contributed by atoms with Gasteiger partial charge in [0.2, 0.25) is 0 Å². The quantitative estimate of drug-likeness (QED) is 0.804. The molecule has 0 aliphatic carbocycles. The van der Waals surface area contributed by atoms with E-state index in [-0.39, 0.29) is 17.5 Å². The van der Waals surface area contributed by atoms with Crippen LogP contribution < -0.4 is 5.32 Å². The Kier molecular flexibility index (Phi) is 6.31. The van der Waals surface area contributed by atoms with Crippen LogP contribution >= 0.6 is 0 Å². The number of likely N-dealkylation sites (N-methyl/N-ethyl adjacent to an activating group) is 2. The standard InChI is InChI=1S/C22H27N3O3/c1-24-12-4-7-20(15-24)25(2)21(26)17-8-10-19(11-9-17)23-14-16-5-3-6-18(13-16)22(27)28/h3,5-6,8-11,13,20,23H,4,7,12,14-15H2,1-2H3,(H,27,28). The second-order valence-corrected chi connectivity index (χ2v) is 7.41. The molecule has 0 aromatic heterocycles. The monoisotopic (exact) mass is 381 g/mol. The number of nitrogens with one attached hydrogen (secondary N) is 1. The molecule has 2 aromatic rings. The molecule has 1 amide bonds. The number of aromatic carboxylic acids is 1. The first-order valence-corrected chi connectivity index (χ1v) is 9.56. The van der Waals surface area contributed by atoms with Crippen molar-refractivity contribution in [2.45, 2.75) is 25.4 Å². The van der Waals surface area contributed by atoms with Gasteiger partial charge in [-0.05, 0) is 68.4 Å². The van der Waals surface area contributed by atoms with Gasteiger partial charge >= 0.3 is 5.97 Å². The maximum absolute atomic E-state index is 12.8. The van der Waals surface area contributed by atoms with E-state index in [9.17, 15) is 9.59 Å². The molecule has 0 spiro atoms. The van der Waals surface area contributed by atoms with Crippen LogP contribution in [0.15, 0.2) is 48.5 Å². The van der Waals surface area contributed by atoms with Crippen LogP contribution in [-0.4, -0.2) is 60.0 Å². The number of likely N-dealkylation sites (tertiary alicyclic amines) is 1. The van der Waals surface area contributed by atoms with Gasteiger partial charge in [-0.3, -0.25) is 4.79 Å². The Bertz CT molecular complexity index is 835. The highest BCUT2D eigenvalue weighted by molar-refractivity contribution is 5.94. The van der Waals surface area contributed by atoms with E-state index in [2.05, 4.69) is 17.3 Å². The van der Waals surface area contributed by atoms with Crippen LogP contribution in [0.1, 0.15) is 39.1 Å². The van der Waals surface area contributed by atoms with Gasteiger partial charge in [-0.1, -0.05) is 12.1 Å². The van der Waals surface area contributed by atoms with Gasteiger partial charge in [-0.25, -0.2) is 4.79 Å². The molecule has 2 N–H and O–H groups in total. The zero-order valence-corrected chi connectivity index (χ0v) is 16.4. The summed E-state index contributed by atoms with van der Waals surface area (Å²) in [5.41, 5.74) is 2.73. The molecular formula is C22H27N3O3. The number of carboxylic acid groups (broad SMARTS) is 1. The average molecular weight is 381 g/mol. The van der Waals surface area contributed by atoms with Crippen LogP contribution in [0.2, 0.25) is 0 Å². The molecule has 1 aliphatic heterocycles. The summed E-state index contributed by atoms with van der Waals surface area (Å²) in [4.78, 5) is 28.0. The smallest absolute Gasteiger partial charge is 0.335 e. The largest absolute Gasteiger partial charge is 0.478 e. The van der Waals surface area contributed by atoms with Crippen molar-refractivity contribution in [2.24, 2.45) is 0 Å². The SMILES string of the molecule is CN1CCCC(N(C)C(=O)c2ccc(NCc3cccc(C(=O)O)c3)cc2)C1. The fourth-order valence-electron chi connectivity index (χ4n) is 3.57. The summed E-state index contributed by atoms with van der Waals surface area (Å²) in [6.07, 6.45) is 2.16. The Morgan fingerprint density at radius 2 is 1.93 bits per heavy atom. The van der Waals surface area contributed by atoms with Crippen LogP contribution in [0, 0.1) is 0 Å². The van der Waals surface area contributed by atoms with Gasteiger partial charge < -0.3 is 20.2 Å². The van der Waals surface area contributed by atoms with Crippen molar-refractivity contribution >= 4 is 17.6 Å². The fourth-order valence-corrected chi connectivity index (χ4v) is 3.57. The molecule has 6 heteroatoms. The van der Waals surface area contributed by atoms with Crippen molar-refractivity contribution in [3.8, 4) is 0 Å². The predicted molar refractivity (Wildman–Crippen MR) is 110 cm³/mol. The topological polar surface area (TPSA) is 72.9 Å². The Morgan fingerprint density at radius 1 is 1.18 bits per heavy atom. The zero-order chi connectivity index (χ0) is 20.1. The van der Waals surface area contributed by atoms with Crippen molar-refractivity contribution in [3.63, 3.8) is 0 Å². The second-order valence-electron chi connectivity index (χ2n) is 7.41. The van der Waals surface area contributed by atoms with E-state index in [1.54, 1.807) is 18.2 Å². The lowest BCUT2D eigenvalue weighted by molar-refractivity contribution is 0.0642. The molecule has 0 radical (unpaired) electrons. The van der Waals surface area contributed by atoms with Crippen molar-refractivity contribution in [1.29, 1.82) is 0 Å². The lowest BCUT2D eigenvalue weighted by Gasteiger charge is -2.35. The summed E-state index contributed by atoms with van der Waals surface area (Å²) in [7, 11) is 3.98. The Balaban J connectivity index is 1.59. The number of hydrogen-bond donors (Lipinski definition) is 2. The number of nitrogens with zero attached hydrogens (tertiary/aromatic N) is 2. The predicted octanol–water partition coefficient (Wildman–Crippen LogP) is 3.16. The van der Waals surface area contributed by atoms with E-state index in [0.717, 1.165) is 37.2 Å². The molecule has 1 aliphatic rings. The Morgan fingerprint density at radius 3 is 2.61 bits per heavy atom. The number of benzene rings is 2. The third-order valence-electron chi connectivity index (χ3n) is 5.27. The van der Waals surface area contributed by atoms with Gasteiger partial charge in [0.25, 0.3) is 5.91 Å². The molecule has 1 saturated heterocycles. The fraction of sp³-hybridized carbons (Fsp3) is 0.364. The Labute approximate surface area is 165 Å². The number of hydrogen-bond acceptors (Lipinski definition) is 4. The molecule has 3 rings (SSSR count). The molecular weight excluding hydrogens is 354 g/mol. The number of carboxylic acids is 1. The highest BCUT2D eigenvalue weighted by atomic mass is 16.4. The average Bonchev–Trinajstić information content (AvgIpc) is 2.71. The lowest BCUT2D eigenvalue weighted by Crippen LogP contribution is -2.47. The molecule has 1 unspecified atom stereocenters. The summed E-state index contributed by atoms with van der Waals surface area (Å²) in [6, 6.07) is 14.5. The summed E-state index contributed by atoms with van der Waals surface area (Å²) in [5, 5.41) is 12.3. The van der Waals surface area contributed by atoms with E-state index in [1.165, 1.54) is 0 Å². The number of piperidine rings is 1. The minimum atomic E-state index is -0.932. The van der Waals surface area contributed by atoms with Gasteiger partial charge in [-0.2, -0.15) is 0 Å². The third-order valence-corrected chi connectivity index (χ3v) is 5.27. The molecule has 0 saturated carbocycles. The number of rotatable bonds is 6. The van der Waals surface area contributed by atoms with Crippen LogP contribution in [0.25, 0.3) is 0 Å². The van der Waals surface area contributed by atoms with Crippen molar-refractivity contribution < 1.29 is 14.7 Å². The van der Waals surface area contributed by atoms with Gasteiger partial charge in [-0.15, -0.1) is 0 Å². The molecule has 28 heavy (non-hydrogen) atoms. The highest BCUT2D eigenvalue weighted by Crippen LogP contribution is 2.18. The van der Waals surface area contributed by atoms with Gasteiger partial charge in [0, 0.05) is 37.4 Å². The van der Waals surface area contributed by atoms with Crippen LogP contribution in [0.3, 0.4) is 0 Å². The summed E-state index contributed by atoms with van der Waals surface area (Å²) >= 11 is 0. The van der Waals surface area contributed by atoms with Gasteiger partial charge in [0.05, 0.1) is 5.56 Å². The number of carbonyl (C=O) groups is 2. The van der Waals surface area contributed by atoms with Crippen LogP contribution in [-0.2, 0) is 6.54 Å². The first-order chi connectivity index (χ1) is 13.4. The third kappa shape index (κ3) is 4.89. The summed E-state index contributed by atoms with van der Waals surface area (Å²) < 4.78 is 0. The van der Waals surface area contributed by atoms with E-state index in [0.29, 0.717) is 12.1 Å². The van der Waals surface area contributed by atoms with Crippen molar-refractivity contribution in [3.05, 3.63) is 65.2 Å². The van der Waals surface area contributed by atoms with Crippen LogP contribution in [0.5, 0.6) is 0 Å². The molecule has 1 fully saturated rings. The molecule has 148 valence electrons. The first-order valence-electron chi connectivity index (χ1n) is 9.56. The maximum Gasteiger partial charge on any atom is 0.335 e. The van der Waals surface area contributed by atoms with E-state index < -0.39 is 5.97 Å². The van der Waals surface area contributed by atoms with Crippen LogP contribution in [0.4, 0.5) is 5.69 Å². The molecule has 2 aromatic carbocycles. The molecule has 0 bridgehead atoms. The van der Waals surface area contributed by atoms with Crippen molar-refractivity contribution in [2.75, 3.05) is 32.5 Å². The summed E-state index contributed by atoms with van der Waals surface area (Å²) in [6.45, 7) is 2.52. The lowest BCUT2D eigenvalue weighted by atomic mass is 10.0. The van der Waals surface area contributed by atoms with Gasteiger partial charge in [0.15, 0.2) is 0 Å². The van der Waals surface area contributed by atoms with Crippen molar-refractivity contribution in [1.82, 2.24) is 9.80 Å². The normalized spacial score (nSPS) is 17.1. The van der Waals surface area contributed by atoms with Gasteiger partial charge in [0.1, 0.15) is 0 Å². The van der Waals surface area contributed by atoms with E-state index in [4.69, 9.17) is 5.11 Å². The number of anilines is 1. The molecule has 1 heterocycles. The van der Waals surface area contributed by atoms with E-state index in [1.807, 2.05) is 42.3 Å². The molecule has 1 atom stereocenters. The zero-order valence-electron chi connectivity index (χ0n) is 16.4. The Hall–Kier alpha value is -2.86. The minimum absolute atomic E-state index is 0.0426. The van der Waals surface area contributed by atoms with E-state index >= 15 is 0 Å². The summed E-state index contributed by atoms with van der Waals surface area (Å²) in [5.74, 6) is -0.890. The highest BCUT2D eigenvalue weighted by Gasteiger charge is 2.25. The number of amides is 1.